The molecule has 0 saturated heterocycles. The Morgan fingerprint density at radius 3 is 2.66 bits per heavy atom. The number of carbonyl (C=O) groups excluding carboxylic acids is 2. The molecule has 1 aromatic carbocycles. The lowest BCUT2D eigenvalue weighted by molar-refractivity contribution is 0.0335. The van der Waals surface area contributed by atoms with Gasteiger partial charge in [0.05, 0.1) is 11.7 Å². The predicted molar refractivity (Wildman–Crippen MR) is 138 cm³/mol. The molecule has 1 unspecified atom stereocenters. The number of esters is 1. The van der Waals surface area contributed by atoms with E-state index in [2.05, 4.69) is 10.4 Å². The molecule has 9 heteroatoms. The number of hydrogen-bond donors (Lipinski definition) is 1. The van der Waals surface area contributed by atoms with E-state index >= 15 is 0 Å². The van der Waals surface area contributed by atoms with Gasteiger partial charge in [0.2, 0.25) is 0 Å². The maximum absolute atomic E-state index is 13.0. The summed E-state index contributed by atoms with van der Waals surface area (Å²) in [7, 11) is 0. The first-order valence-corrected chi connectivity index (χ1v) is 13.1. The quantitative estimate of drug-likeness (QED) is 0.354. The zero-order valence-electron chi connectivity index (χ0n) is 20.4. The van der Waals surface area contributed by atoms with Crippen molar-refractivity contribution in [3.63, 3.8) is 0 Å². The number of amides is 1. The van der Waals surface area contributed by atoms with Crippen LogP contribution in [0.1, 0.15) is 75.5 Å². The summed E-state index contributed by atoms with van der Waals surface area (Å²) in [4.78, 5) is 27.1. The van der Waals surface area contributed by atoms with E-state index in [1.165, 1.54) is 11.3 Å². The van der Waals surface area contributed by atoms with Gasteiger partial charge in [0.1, 0.15) is 10.8 Å². The van der Waals surface area contributed by atoms with Crippen LogP contribution in [0.2, 0.25) is 5.02 Å². The van der Waals surface area contributed by atoms with Gasteiger partial charge in [-0.05, 0) is 87.8 Å². The number of halogens is 1. The number of hydrogen-bond acceptors (Lipinski definition) is 6. The van der Waals surface area contributed by atoms with Gasteiger partial charge in [-0.1, -0.05) is 18.5 Å². The second-order valence-electron chi connectivity index (χ2n) is 8.88. The zero-order valence-corrected chi connectivity index (χ0v) is 22.0. The molecule has 0 fully saturated rings. The van der Waals surface area contributed by atoms with Gasteiger partial charge in [0.25, 0.3) is 5.91 Å². The molecule has 0 radical (unpaired) electrons. The Morgan fingerprint density at radius 1 is 1.23 bits per heavy atom. The van der Waals surface area contributed by atoms with Crippen LogP contribution in [0.4, 0.5) is 5.00 Å². The molecule has 4 rings (SSSR count). The number of anilines is 1. The Bertz CT molecular complexity index is 1230. The maximum atomic E-state index is 13.0. The Kier molecular flexibility index (Phi) is 7.82. The highest BCUT2D eigenvalue weighted by Crippen LogP contribution is 2.39. The Hall–Kier alpha value is -2.84. The molecule has 0 spiro atoms. The first kappa shape index (κ1) is 25.3. The number of rotatable bonds is 8. The third kappa shape index (κ3) is 5.70. The highest BCUT2D eigenvalue weighted by Gasteiger charge is 2.28. The van der Waals surface area contributed by atoms with Gasteiger partial charge in [0, 0.05) is 16.1 Å². The van der Waals surface area contributed by atoms with Gasteiger partial charge in [-0.25, -0.2) is 9.48 Å². The van der Waals surface area contributed by atoms with Gasteiger partial charge >= 0.3 is 5.97 Å². The summed E-state index contributed by atoms with van der Waals surface area (Å²) in [5.74, 6) is -0.0702. The van der Waals surface area contributed by atoms with Gasteiger partial charge < -0.3 is 14.8 Å². The molecule has 1 amide bonds. The molecule has 1 aliphatic carbocycles. The molecule has 1 atom stereocenters. The highest BCUT2D eigenvalue weighted by atomic mass is 35.5. The molecule has 186 valence electrons. The molecule has 7 nitrogen and oxygen atoms in total. The minimum Gasteiger partial charge on any atom is -0.471 e. The number of thiophene rings is 1. The maximum Gasteiger partial charge on any atom is 0.341 e. The van der Waals surface area contributed by atoms with Crippen molar-refractivity contribution in [2.24, 2.45) is 0 Å². The fourth-order valence-corrected chi connectivity index (χ4v) is 5.43. The van der Waals surface area contributed by atoms with Crippen molar-refractivity contribution in [3.8, 4) is 5.75 Å². The first-order valence-electron chi connectivity index (χ1n) is 11.9. The van der Waals surface area contributed by atoms with Crippen LogP contribution >= 0.6 is 22.9 Å². The van der Waals surface area contributed by atoms with Gasteiger partial charge in [-0.3, -0.25) is 4.79 Å². The van der Waals surface area contributed by atoms with Crippen LogP contribution in [0.25, 0.3) is 0 Å². The molecule has 0 saturated carbocycles. The number of aryl methyl sites for hydroxylation is 3. The normalized spacial score (nSPS) is 13.7. The summed E-state index contributed by atoms with van der Waals surface area (Å²) < 4.78 is 13.0. The molecule has 2 heterocycles. The molecule has 3 aromatic rings. The molecule has 2 aromatic heterocycles. The van der Waals surface area contributed by atoms with E-state index in [0.29, 0.717) is 16.3 Å². The van der Waals surface area contributed by atoms with Crippen molar-refractivity contribution >= 4 is 39.8 Å². The highest BCUT2D eigenvalue weighted by molar-refractivity contribution is 7.17. The number of nitrogens with zero attached hydrogens (tertiary/aromatic N) is 2. The van der Waals surface area contributed by atoms with Crippen molar-refractivity contribution in [3.05, 3.63) is 62.2 Å². The minimum atomic E-state index is -0.377. The van der Waals surface area contributed by atoms with E-state index < -0.39 is 0 Å². The van der Waals surface area contributed by atoms with Crippen molar-refractivity contribution in [1.82, 2.24) is 9.78 Å². The fraction of sp³-hybridized carbons (Fsp3) is 0.423. The van der Waals surface area contributed by atoms with Crippen LogP contribution in [0.15, 0.2) is 24.4 Å². The summed E-state index contributed by atoms with van der Waals surface area (Å²) in [6, 6.07) is 5.36. The standard InChI is InChI=1S/C26H30ClN3O4S/c1-5-17(4)34-26(32)22-19-8-6-7-9-21(19)35-25(22)28-24(31)20-10-11-30(29-20)14-33-18-12-15(2)23(27)16(3)13-18/h10-13,17H,5-9,14H2,1-4H3,(H,28,31). The number of nitrogens with one attached hydrogen (secondary N) is 1. The lowest BCUT2D eigenvalue weighted by Crippen LogP contribution is -2.19. The number of benzene rings is 1. The largest absolute Gasteiger partial charge is 0.471 e. The summed E-state index contributed by atoms with van der Waals surface area (Å²) >= 11 is 7.68. The summed E-state index contributed by atoms with van der Waals surface area (Å²) in [6.45, 7) is 7.84. The molecule has 35 heavy (non-hydrogen) atoms. The van der Waals surface area contributed by atoms with E-state index in [-0.39, 0.29) is 30.4 Å². The van der Waals surface area contributed by atoms with Crippen LogP contribution in [-0.4, -0.2) is 27.8 Å². The predicted octanol–water partition coefficient (Wildman–Crippen LogP) is 6.34. The molecule has 0 aliphatic heterocycles. The average Bonchev–Trinajstić information content (AvgIpc) is 3.45. The molecule has 1 N–H and O–H groups in total. The summed E-state index contributed by atoms with van der Waals surface area (Å²) in [5.41, 5.74) is 3.61. The van der Waals surface area contributed by atoms with Crippen LogP contribution in [0.3, 0.4) is 0 Å². The second kappa shape index (κ2) is 10.8. The third-order valence-electron chi connectivity index (χ3n) is 6.13. The van der Waals surface area contributed by atoms with Crippen molar-refractivity contribution in [2.45, 2.75) is 72.6 Å². The Morgan fingerprint density at radius 2 is 1.94 bits per heavy atom. The monoisotopic (exact) mass is 515 g/mol. The summed E-state index contributed by atoms with van der Waals surface area (Å²) in [5, 5.41) is 8.51. The Balaban J connectivity index is 1.48. The number of aromatic nitrogens is 2. The van der Waals surface area contributed by atoms with Gasteiger partial charge in [0.15, 0.2) is 12.4 Å². The SMILES string of the molecule is CCC(C)OC(=O)c1c(NC(=O)c2ccn(COc3cc(C)c(Cl)c(C)c3)n2)sc2c1CCCC2. The van der Waals surface area contributed by atoms with E-state index in [0.717, 1.165) is 58.7 Å². The lowest BCUT2D eigenvalue weighted by Gasteiger charge is -2.15. The van der Waals surface area contributed by atoms with E-state index in [1.54, 1.807) is 16.9 Å². The van der Waals surface area contributed by atoms with E-state index in [1.807, 2.05) is 39.8 Å². The van der Waals surface area contributed by atoms with Crippen LogP contribution < -0.4 is 10.1 Å². The number of ether oxygens (including phenoxy) is 2. The van der Waals surface area contributed by atoms with E-state index in [4.69, 9.17) is 21.1 Å². The fourth-order valence-electron chi connectivity index (χ4n) is 4.05. The van der Waals surface area contributed by atoms with Crippen molar-refractivity contribution in [1.29, 1.82) is 0 Å². The molecular weight excluding hydrogens is 486 g/mol. The second-order valence-corrected chi connectivity index (χ2v) is 10.4. The van der Waals surface area contributed by atoms with Crippen LogP contribution in [0.5, 0.6) is 5.75 Å². The smallest absolute Gasteiger partial charge is 0.341 e. The van der Waals surface area contributed by atoms with Crippen LogP contribution in [-0.2, 0) is 24.3 Å². The first-order chi connectivity index (χ1) is 16.8. The zero-order chi connectivity index (χ0) is 25.1. The average molecular weight is 516 g/mol. The van der Waals surface area contributed by atoms with Gasteiger partial charge in [-0.2, -0.15) is 5.10 Å². The lowest BCUT2D eigenvalue weighted by atomic mass is 9.95. The van der Waals surface area contributed by atoms with Crippen molar-refractivity contribution in [2.75, 3.05) is 5.32 Å². The van der Waals surface area contributed by atoms with Crippen LogP contribution in [0, 0.1) is 13.8 Å². The van der Waals surface area contributed by atoms with Gasteiger partial charge in [-0.15, -0.1) is 11.3 Å². The third-order valence-corrected chi connectivity index (χ3v) is 7.94. The number of carbonyl (C=O) groups is 2. The minimum absolute atomic E-state index is 0.146. The van der Waals surface area contributed by atoms with E-state index in [9.17, 15) is 9.59 Å². The van der Waals surface area contributed by atoms with Crippen molar-refractivity contribution < 1.29 is 19.1 Å². The molecule has 0 bridgehead atoms. The molecular formula is C26H30ClN3O4S. The molecule has 1 aliphatic rings. The number of fused-ring (bicyclic) bond motifs is 1. The summed E-state index contributed by atoms with van der Waals surface area (Å²) in [6.07, 6.45) is 6.07. The topological polar surface area (TPSA) is 82.5 Å². The Labute approximate surface area is 214 Å².